The Balaban J connectivity index is 2.11. The predicted molar refractivity (Wildman–Crippen MR) is 167 cm³/mol. The molecule has 0 spiro atoms. The first-order valence-corrected chi connectivity index (χ1v) is 15.8. The number of nitrogens with one attached hydrogen (secondary N) is 1. The molecule has 3 aromatic rings. The number of benzene rings is 3. The molecule has 8 nitrogen and oxygen atoms in total. The molecule has 0 bridgehead atoms. The van der Waals surface area contributed by atoms with Crippen molar-refractivity contribution in [2.24, 2.45) is 0 Å². The second-order valence-electron chi connectivity index (χ2n) is 11.1. The average Bonchev–Trinajstić information content (AvgIpc) is 2.90. The highest BCUT2D eigenvalue weighted by Gasteiger charge is 2.34. The molecule has 0 fully saturated rings. The number of Topliss-reactive ketones (excluding diaryl/α,β-unsaturated/α-hetero) is 1. The second-order valence-corrected chi connectivity index (χ2v) is 13.8. The number of rotatable bonds is 11. The van der Waals surface area contributed by atoms with E-state index >= 15 is 0 Å². The number of carbonyl (C=O) groups is 3. The molecule has 0 aliphatic rings. The van der Waals surface area contributed by atoms with Gasteiger partial charge in [0.1, 0.15) is 12.6 Å². The quantitative estimate of drug-likeness (QED) is 0.281. The molecular weight excluding hydrogens is 597 g/mol. The van der Waals surface area contributed by atoms with E-state index in [2.05, 4.69) is 5.32 Å². The first-order valence-electron chi connectivity index (χ1n) is 13.2. The van der Waals surface area contributed by atoms with Crippen LogP contribution in [0.2, 0.25) is 10.0 Å². The van der Waals surface area contributed by atoms with Crippen LogP contribution in [0.3, 0.4) is 0 Å². The van der Waals surface area contributed by atoms with E-state index in [1.807, 2.05) is 51.1 Å². The maximum Gasteiger partial charge on any atom is 0.244 e. The molecular formula is C31H35Cl2N3O5S. The molecule has 1 atom stereocenters. The van der Waals surface area contributed by atoms with Crippen molar-refractivity contribution < 1.29 is 22.8 Å². The zero-order chi connectivity index (χ0) is 31.2. The Morgan fingerprint density at radius 1 is 0.881 bits per heavy atom. The lowest BCUT2D eigenvalue weighted by Crippen LogP contribution is -2.56. The van der Waals surface area contributed by atoms with Crippen molar-refractivity contribution >= 4 is 56.5 Å². The van der Waals surface area contributed by atoms with Crippen LogP contribution >= 0.6 is 23.2 Å². The van der Waals surface area contributed by atoms with Gasteiger partial charge in [-0.25, -0.2) is 8.42 Å². The summed E-state index contributed by atoms with van der Waals surface area (Å²) in [6, 6.07) is 19.2. The molecule has 3 rings (SSSR count). The van der Waals surface area contributed by atoms with Gasteiger partial charge in [-0.1, -0.05) is 71.7 Å². The van der Waals surface area contributed by atoms with E-state index in [0.29, 0.717) is 16.1 Å². The summed E-state index contributed by atoms with van der Waals surface area (Å²) in [5, 5.41) is 3.58. The van der Waals surface area contributed by atoms with Crippen LogP contribution in [0, 0.1) is 0 Å². The van der Waals surface area contributed by atoms with Crippen molar-refractivity contribution in [3.8, 4) is 0 Å². The summed E-state index contributed by atoms with van der Waals surface area (Å²) in [7, 11) is -3.97. The number of carbonyl (C=O) groups excluding carboxylic acids is 3. The second kappa shape index (κ2) is 13.7. The molecule has 0 heterocycles. The van der Waals surface area contributed by atoms with Gasteiger partial charge in [0.2, 0.25) is 21.8 Å². The topological polar surface area (TPSA) is 104 Å². The van der Waals surface area contributed by atoms with Crippen LogP contribution in [0.4, 0.5) is 5.69 Å². The van der Waals surface area contributed by atoms with Gasteiger partial charge in [-0.3, -0.25) is 18.7 Å². The molecule has 0 aromatic heterocycles. The molecule has 1 N–H and O–H groups in total. The minimum absolute atomic E-state index is 0.0458. The van der Waals surface area contributed by atoms with Gasteiger partial charge in [-0.05, 0) is 63.1 Å². The third kappa shape index (κ3) is 9.31. The lowest BCUT2D eigenvalue weighted by atomic mass is 10.0. The predicted octanol–water partition coefficient (Wildman–Crippen LogP) is 5.52. The number of amides is 2. The van der Waals surface area contributed by atoms with E-state index < -0.39 is 40.0 Å². The van der Waals surface area contributed by atoms with Crippen molar-refractivity contribution in [2.45, 2.75) is 52.2 Å². The molecule has 0 aliphatic heterocycles. The van der Waals surface area contributed by atoms with E-state index in [4.69, 9.17) is 23.2 Å². The van der Waals surface area contributed by atoms with Gasteiger partial charge in [0.25, 0.3) is 0 Å². The summed E-state index contributed by atoms with van der Waals surface area (Å²) in [6.07, 6.45) is 1.16. The van der Waals surface area contributed by atoms with Crippen LogP contribution in [0.25, 0.3) is 0 Å². The summed E-state index contributed by atoms with van der Waals surface area (Å²) in [5.41, 5.74) is 1.27. The number of sulfonamides is 1. The Morgan fingerprint density at radius 3 is 2.12 bits per heavy atom. The van der Waals surface area contributed by atoms with Crippen molar-refractivity contribution in [3.63, 3.8) is 0 Å². The number of hydrogen-bond donors (Lipinski definition) is 1. The number of hydrogen-bond acceptors (Lipinski definition) is 5. The van der Waals surface area contributed by atoms with Crippen LogP contribution in [0.5, 0.6) is 0 Å². The molecule has 0 radical (unpaired) electrons. The van der Waals surface area contributed by atoms with Gasteiger partial charge >= 0.3 is 0 Å². The maximum absolute atomic E-state index is 14.2. The smallest absolute Gasteiger partial charge is 0.244 e. The fraction of sp³-hybridized carbons (Fsp3) is 0.323. The SMILES string of the molecule is CC(=O)c1cccc(N(CC(=O)N(Cc2ccc(Cl)c(Cl)c2)[C@H](Cc2ccccc2)C(=O)NC(C)(C)C)S(C)(=O)=O)c1. The largest absolute Gasteiger partial charge is 0.350 e. The van der Waals surface area contributed by atoms with E-state index in [9.17, 15) is 22.8 Å². The first kappa shape index (κ1) is 33.1. The average molecular weight is 633 g/mol. The molecule has 3 aromatic carbocycles. The summed E-state index contributed by atoms with van der Waals surface area (Å²) in [6.45, 7) is 6.23. The Bertz CT molecular complexity index is 1560. The molecule has 11 heteroatoms. The van der Waals surface area contributed by atoms with Crippen LogP contribution in [-0.4, -0.2) is 55.3 Å². The van der Waals surface area contributed by atoms with Gasteiger partial charge in [0, 0.05) is 24.1 Å². The number of halogens is 2. The lowest BCUT2D eigenvalue weighted by Gasteiger charge is -2.35. The van der Waals surface area contributed by atoms with Crippen LogP contribution in [0.15, 0.2) is 72.8 Å². The zero-order valence-electron chi connectivity index (χ0n) is 24.2. The highest BCUT2D eigenvalue weighted by Crippen LogP contribution is 2.26. The van der Waals surface area contributed by atoms with Crippen LogP contribution in [-0.2, 0) is 32.6 Å². The molecule has 0 saturated heterocycles. The maximum atomic E-state index is 14.2. The highest BCUT2D eigenvalue weighted by atomic mass is 35.5. The van der Waals surface area contributed by atoms with E-state index in [0.717, 1.165) is 16.1 Å². The molecule has 0 unspecified atom stereocenters. The minimum Gasteiger partial charge on any atom is -0.350 e. The van der Waals surface area contributed by atoms with Gasteiger partial charge in [-0.15, -0.1) is 0 Å². The highest BCUT2D eigenvalue weighted by molar-refractivity contribution is 7.92. The lowest BCUT2D eigenvalue weighted by molar-refractivity contribution is -0.140. The Labute approximate surface area is 257 Å². The van der Waals surface area contributed by atoms with E-state index in [1.54, 1.807) is 30.3 Å². The number of nitrogens with zero attached hydrogens (tertiary/aromatic N) is 2. The normalized spacial score (nSPS) is 12.4. The summed E-state index contributed by atoms with van der Waals surface area (Å²) < 4.78 is 26.8. The zero-order valence-corrected chi connectivity index (χ0v) is 26.6. The Morgan fingerprint density at radius 2 is 1.55 bits per heavy atom. The summed E-state index contributed by atoms with van der Waals surface area (Å²) in [4.78, 5) is 41.3. The van der Waals surface area contributed by atoms with Gasteiger partial charge in [0.05, 0.1) is 22.0 Å². The fourth-order valence-electron chi connectivity index (χ4n) is 4.34. The summed E-state index contributed by atoms with van der Waals surface area (Å²) in [5.74, 6) is -1.27. The van der Waals surface area contributed by atoms with E-state index in [1.165, 1.54) is 24.0 Å². The van der Waals surface area contributed by atoms with Gasteiger partial charge in [0.15, 0.2) is 5.78 Å². The molecule has 0 saturated carbocycles. The molecule has 2 amide bonds. The Hall–Kier alpha value is -3.40. The third-order valence-electron chi connectivity index (χ3n) is 6.33. The fourth-order valence-corrected chi connectivity index (χ4v) is 5.50. The minimum atomic E-state index is -3.97. The van der Waals surface area contributed by atoms with Gasteiger partial charge in [-0.2, -0.15) is 0 Å². The van der Waals surface area contributed by atoms with Crippen LogP contribution in [0.1, 0.15) is 49.2 Å². The monoisotopic (exact) mass is 631 g/mol. The Kier molecular flexibility index (Phi) is 10.8. The molecule has 0 aliphatic carbocycles. The van der Waals surface area contributed by atoms with Crippen molar-refractivity contribution in [1.29, 1.82) is 0 Å². The van der Waals surface area contributed by atoms with Crippen molar-refractivity contribution in [1.82, 2.24) is 10.2 Å². The summed E-state index contributed by atoms with van der Waals surface area (Å²) >= 11 is 12.4. The number of anilines is 1. The van der Waals surface area contributed by atoms with Crippen LogP contribution < -0.4 is 9.62 Å². The molecule has 42 heavy (non-hydrogen) atoms. The first-order chi connectivity index (χ1) is 19.5. The standard InChI is InChI=1S/C31H35Cl2N3O5S/c1-21(37)24-12-9-13-25(18-24)36(42(5,40)41)20-29(38)35(19-23-14-15-26(32)27(33)16-23)28(30(39)34-31(2,3)4)17-22-10-7-6-8-11-22/h6-16,18,28H,17,19-20H2,1-5H3,(H,34,39)/t28-/m1/s1. The molecule has 224 valence electrons. The third-order valence-corrected chi connectivity index (χ3v) is 8.21. The van der Waals surface area contributed by atoms with Crippen molar-refractivity contribution in [3.05, 3.63) is 99.5 Å². The number of ketones is 1. The van der Waals surface area contributed by atoms with E-state index in [-0.39, 0.29) is 29.5 Å². The van der Waals surface area contributed by atoms with Crippen molar-refractivity contribution in [2.75, 3.05) is 17.1 Å². The van der Waals surface area contributed by atoms with Gasteiger partial charge < -0.3 is 10.2 Å².